The lowest BCUT2D eigenvalue weighted by molar-refractivity contribution is -0.192. The maximum Gasteiger partial charge on any atom is 0.490 e. The van der Waals surface area contributed by atoms with E-state index >= 15 is 0 Å². The van der Waals surface area contributed by atoms with E-state index in [0.29, 0.717) is 24.6 Å². The molecule has 1 amide bonds. The normalized spacial score (nSPS) is 20.1. The molecule has 0 radical (unpaired) electrons. The molecule has 2 saturated heterocycles. The topological polar surface area (TPSA) is 90.3 Å². The number of carbonyl (C=O) groups excluding carboxylic acids is 1. The maximum absolute atomic E-state index is 12.4. The highest BCUT2D eigenvalue weighted by molar-refractivity contribution is 5.95. The van der Waals surface area contributed by atoms with Crippen LogP contribution in [0.15, 0.2) is 24.3 Å². The van der Waals surface area contributed by atoms with Crippen LogP contribution in [0, 0.1) is 5.92 Å². The molecular formula is C21H29F3N2O5. The smallest absolute Gasteiger partial charge is 0.490 e. The minimum atomic E-state index is -5.08. The molecule has 2 aliphatic rings. The zero-order chi connectivity index (χ0) is 23.2. The summed E-state index contributed by atoms with van der Waals surface area (Å²) in [6.07, 6.45) is -2.88. The summed E-state index contributed by atoms with van der Waals surface area (Å²) in [6, 6.07) is 6.55. The molecule has 0 saturated carbocycles. The van der Waals surface area contributed by atoms with Crippen molar-refractivity contribution < 1.29 is 37.7 Å². The molecule has 1 aromatic rings. The van der Waals surface area contributed by atoms with E-state index in [1.165, 1.54) is 12.5 Å². The number of ether oxygens (including phenoxy) is 1. The Morgan fingerprint density at radius 2 is 1.87 bits per heavy atom. The van der Waals surface area contributed by atoms with Gasteiger partial charge in [0, 0.05) is 12.1 Å². The minimum Gasteiger partial charge on any atom is -0.508 e. The van der Waals surface area contributed by atoms with Crippen molar-refractivity contribution in [2.45, 2.75) is 38.5 Å². The molecule has 174 valence electrons. The fourth-order valence-corrected chi connectivity index (χ4v) is 3.77. The number of aromatic hydroxyl groups is 1. The van der Waals surface area contributed by atoms with Crippen LogP contribution in [0.2, 0.25) is 0 Å². The van der Waals surface area contributed by atoms with Crippen LogP contribution in [0.4, 0.5) is 13.2 Å². The molecule has 0 aromatic heterocycles. The summed E-state index contributed by atoms with van der Waals surface area (Å²) in [6.45, 7) is 9.81. The average Bonchev–Trinajstić information content (AvgIpc) is 2.70. The number of likely N-dealkylation sites (tertiary alicyclic amines) is 1. The molecule has 2 aliphatic heterocycles. The predicted molar refractivity (Wildman–Crippen MR) is 107 cm³/mol. The lowest BCUT2D eigenvalue weighted by Gasteiger charge is -2.53. The van der Waals surface area contributed by atoms with Gasteiger partial charge in [-0.2, -0.15) is 13.2 Å². The van der Waals surface area contributed by atoms with E-state index in [0.717, 1.165) is 32.7 Å². The summed E-state index contributed by atoms with van der Waals surface area (Å²) in [7, 11) is 0. The van der Waals surface area contributed by atoms with Crippen LogP contribution in [0.25, 0.3) is 0 Å². The number of phenolic OH excluding ortho intramolecular Hbond substituents is 1. The SMILES string of the molecule is CCN(CC)CC1CCC2(CN(C(=O)c3cccc(O)c3)C2)OC1.O=C(O)C(F)(F)F. The van der Waals surface area contributed by atoms with Gasteiger partial charge in [0.1, 0.15) is 11.4 Å². The number of aliphatic carboxylic acids is 1. The predicted octanol–water partition coefficient (Wildman–Crippen LogP) is 2.99. The van der Waals surface area contributed by atoms with Crippen molar-refractivity contribution in [2.75, 3.05) is 39.3 Å². The quantitative estimate of drug-likeness (QED) is 0.723. The van der Waals surface area contributed by atoms with E-state index in [9.17, 15) is 23.1 Å². The highest BCUT2D eigenvalue weighted by Crippen LogP contribution is 2.37. The van der Waals surface area contributed by atoms with Crippen molar-refractivity contribution in [3.05, 3.63) is 29.8 Å². The summed E-state index contributed by atoms with van der Waals surface area (Å²) in [5.74, 6) is -2.05. The first-order valence-electron chi connectivity index (χ1n) is 10.2. The van der Waals surface area contributed by atoms with E-state index in [4.69, 9.17) is 14.6 Å². The molecule has 1 atom stereocenters. The van der Waals surface area contributed by atoms with Gasteiger partial charge >= 0.3 is 12.1 Å². The van der Waals surface area contributed by atoms with E-state index in [2.05, 4.69) is 18.7 Å². The van der Waals surface area contributed by atoms with Crippen molar-refractivity contribution in [1.29, 1.82) is 0 Å². The summed E-state index contributed by atoms with van der Waals surface area (Å²) >= 11 is 0. The standard InChI is InChI=1S/C19H28N2O3.C2HF3O2/c1-3-20(4-2)11-15-8-9-19(24-12-15)13-21(14-19)18(23)16-6-5-7-17(22)10-16;3-2(4,5)1(6)7/h5-7,10,15,22H,3-4,8-9,11-14H2,1-2H3;(H,6,7). The van der Waals surface area contributed by atoms with Crippen LogP contribution in [-0.4, -0.2) is 83.0 Å². The van der Waals surface area contributed by atoms with E-state index in [1.807, 2.05) is 4.90 Å². The molecule has 1 spiro atoms. The zero-order valence-electron chi connectivity index (χ0n) is 17.7. The first-order valence-corrected chi connectivity index (χ1v) is 10.2. The van der Waals surface area contributed by atoms with Crippen molar-refractivity contribution in [3.8, 4) is 5.75 Å². The molecule has 2 fully saturated rings. The van der Waals surface area contributed by atoms with Crippen molar-refractivity contribution >= 4 is 11.9 Å². The van der Waals surface area contributed by atoms with E-state index in [1.54, 1.807) is 18.2 Å². The van der Waals surface area contributed by atoms with Crippen molar-refractivity contribution in [3.63, 3.8) is 0 Å². The first-order chi connectivity index (χ1) is 14.5. The van der Waals surface area contributed by atoms with Gasteiger partial charge in [0.25, 0.3) is 5.91 Å². The third-order valence-electron chi connectivity index (χ3n) is 5.63. The lowest BCUT2D eigenvalue weighted by Crippen LogP contribution is -2.66. The molecule has 10 heteroatoms. The fraction of sp³-hybridized carbons (Fsp3) is 0.619. The molecule has 2 heterocycles. The highest BCUT2D eigenvalue weighted by Gasteiger charge is 2.48. The Morgan fingerprint density at radius 1 is 1.26 bits per heavy atom. The fourth-order valence-electron chi connectivity index (χ4n) is 3.77. The molecule has 1 aromatic carbocycles. The summed E-state index contributed by atoms with van der Waals surface area (Å²) in [4.78, 5) is 25.6. The lowest BCUT2D eigenvalue weighted by atomic mass is 9.82. The average molecular weight is 446 g/mol. The van der Waals surface area contributed by atoms with E-state index in [-0.39, 0.29) is 17.3 Å². The van der Waals surface area contributed by atoms with Crippen LogP contribution >= 0.6 is 0 Å². The number of rotatable bonds is 5. The second kappa shape index (κ2) is 10.3. The van der Waals surface area contributed by atoms with E-state index < -0.39 is 12.1 Å². The summed E-state index contributed by atoms with van der Waals surface area (Å²) < 4.78 is 37.9. The van der Waals surface area contributed by atoms with Crippen LogP contribution in [0.1, 0.15) is 37.0 Å². The number of amides is 1. The number of hydrogen-bond donors (Lipinski definition) is 2. The van der Waals surface area contributed by atoms with Gasteiger partial charge in [-0.25, -0.2) is 4.79 Å². The second-order valence-corrected chi connectivity index (χ2v) is 7.90. The van der Waals surface area contributed by atoms with Gasteiger partial charge in [-0.05, 0) is 50.0 Å². The van der Waals surface area contributed by atoms with Gasteiger partial charge in [0.05, 0.1) is 19.7 Å². The van der Waals surface area contributed by atoms with Crippen molar-refractivity contribution in [1.82, 2.24) is 9.80 Å². The Bertz CT molecular complexity index is 752. The molecule has 0 bridgehead atoms. The summed E-state index contributed by atoms with van der Waals surface area (Å²) in [5.41, 5.74) is 0.409. The third-order valence-corrected chi connectivity index (χ3v) is 5.63. The van der Waals surface area contributed by atoms with Gasteiger partial charge in [-0.1, -0.05) is 19.9 Å². The first kappa shape index (κ1) is 24.9. The number of phenols is 1. The maximum atomic E-state index is 12.4. The van der Waals surface area contributed by atoms with Crippen molar-refractivity contribution in [2.24, 2.45) is 5.92 Å². The van der Waals surface area contributed by atoms with Gasteiger partial charge < -0.3 is 24.7 Å². The van der Waals surface area contributed by atoms with Gasteiger partial charge in [0.15, 0.2) is 0 Å². The number of carboxylic acids is 1. The molecule has 1 unspecified atom stereocenters. The van der Waals surface area contributed by atoms with Gasteiger partial charge in [-0.15, -0.1) is 0 Å². The number of benzene rings is 1. The third kappa shape index (κ3) is 6.83. The van der Waals surface area contributed by atoms with Crippen LogP contribution in [-0.2, 0) is 9.53 Å². The number of carbonyl (C=O) groups is 2. The van der Waals surface area contributed by atoms with Crippen LogP contribution in [0.3, 0.4) is 0 Å². The molecule has 0 aliphatic carbocycles. The second-order valence-electron chi connectivity index (χ2n) is 7.90. The molecule has 7 nitrogen and oxygen atoms in total. The zero-order valence-corrected chi connectivity index (χ0v) is 17.7. The number of hydrogen-bond acceptors (Lipinski definition) is 5. The Hall–Kier alpha value is -2.33. The monoisotopic (exact) mass is 446 g/mol. The van der Waals surface area contributed by atoms with Crippen LogP contribution < -0.4 is 0 Å². The molecule has 3 rings (SSSR count). The number of nitrogens with zero attached hydrogens (tertiary/aromatic N) is 2. The molecule has 2 N–H and O–H groups in total. The highest BCUT2D eigenvalue weighted by atomic mass is 19.4. The van der Waals surface area contributed by atoms with Gasteiger partial charge in [-0.3, -0.25) is 4.79 Å². The Morgan fingerprint density at radius 3 is 2.32 bits per heavy atom. The number of carboxylic acid groups (broad SMARTS) is 1. The summed E-state index contributed by atoms with van der Waals surface area (Å²) in [5, 5.41) is 16.6. The largest absolute Gasteiger partial charge is 0.508 e. The Balaban J connectivity index is 0.000000423. The molecule has 31 heavy (non-hydrogen) atoms. The Labute approximate surface area is 179 Å². The number of halogens is 3. The number of alkyl halides is 3. The molecular weight excluding hydrogens is 417 g/mol. The van der Waals surface area contributed by atoms with Crippen LogP contribution in [0.5, 0.6) is 5.75 Å². The minimum absolute atomic E-state index is 0.0228. The van der Waals surface area contributed by atoms with Gasteiger partial charge in [0.2, 0.25) is 0 Å². The Kier molecular flexibility index (Phi) is 8.30.